The van der Waals surface area contributed by atoms with Gasteiger partial charge in [-0.3, -0.25) is 9.59 Å². The van der Waals surface area contributed by atoms with Crippen molar-refractivity contribution in [3.63, 3.8) is 0 Å². The van der Waals surface area contributed by atoms with Crippen LogP contribution in [-0.2, 0) is 4.79 Å². The van der Waals surface area contributed by atoms with Gasteiger partial charge in [0.15, 0.2) is 5.69 Å². The van der Waals surface area contributed by atoms with Crippen molar-refractivity contribution < 1.29 is 14.0 Å². The molecule has 0 saturated carbocycles. The van der Waals surface area contributed by atoms with Crippen LogP contribution in [0.4, 0.5) is 15.8 Å². The van der Waals surface area contributed by atoms with Crippen LogP contribution in [0.3, 0.4) is 0 Å². The third kappa shape index (κ3) is 4.06. The molecule has 0 aliphatic carbocycles. The van der Waals surface area contributed by atoms with Crippen molar-refractivity contribution in [1.29, 1.82) is 0 Å². The highest BCUT2D eigenvalue weighted by atomic mass is 19.1. The summed E-state index contributed by atoms with van der Waals surface area (Å²) in [5, 5.41) is 13.7. The Kier molecular flexibility index (Phi) is 5.21. The van der Waals surface area contributed by atoms with Gasteiger partial charge in [0, 0.05) is 12.6 Å². The minimum Gasteiger partial charge on any atom is -0.324 e. The zero-order valence-electron chi connectivity index (χ0n) is 16.0. The predicted octanol–water partition coefficient (Wildman–Crippen LogP) is 3.54. The van der Waals surface area contributed by atoms with Crippen molar-refractivity contribution >= 4 is 23.2 Å². The SMILES string of the molecule is CC(=O)Nc1cc(NC(=O)c2nn(-c3ccc(C)cc3C)nc2C)ccc1F. The lowest BCUT2D eigenvalue weighted by Crippen LogP contribution is -2.15. The first-order valence-electron chi connectivity index (χ1n) is 8.64. The lowest BCUT2D eigenvalue weighted by atomic mass is 10.1. The molecule has 3 rings (SSSR count). The van der Waals surface area contributed by atoms with Gasteiger partial charge in [-0.25, -0.2) is 4.39 Å². The van der Waals surface area contributed by atoms with Crippen molar-refractivity contribution in [2.75, 3.05) is 10.6 Å². The summed E-state index contributed by atoms with van der Waals surface area (Å²) >= 11 is 0. The molecule has 2 N–H and O–H groups in total. The first-order chi connectivity index (χ1) is 13.2. The lowest BCUT2D eigenvalue weighted by molar-refractivity contribution is -0.114. The van der Waals surface area contributed by atoms with Crippen LogP contribution in [-0.4, -0.2) is 26.8 Å². The summed E-state index contributed by atoms with van der Waals surface area (Å²) < 4.78 is 13.8. The normalized spacial score (nSPS) is 10.6. The number of hydrogen-bond acceptors (Lipinski definition) is 4. The Bertz CT molecular complexity index is 1070. The van der Waals surface area contributed by atoms with Crippen LogP contribution in [0.15, 0.2) is 36.4 Å². The molecule has 0 saturated heterocycles. The van der Waals surface area contributed by atoms with Crippen molar-refractivity contribution in [1.82, 2.24) is 15.0 Å². The molecule has 144 valence electrons. The number of hydrogen-bond donors (Lipinski definition) is 2. The summed E-state index contributed by atoms with van der Waals surface area (Å²) in [6, 6.07) is 9.77. The summed E-state index contributed by atoms with van der Waals surface area (Å²) in [5.74, 6) is -1.48. The van der Waals surface area contributed by atoms with E-state index in [0.717, 1.165) is 16.8 Å². The van der Waals surface area contributed by atoms with E-state index in [1.807, 2.05) is 32.0 Å². The summed E-state index contributed by atoms with van der Waals surface area (Å²) in [7, 11) is 0. The molecule has 1 heterocycles. The first-order valence-corrected chi connectivity index (χ1v) is 8.64. The maximum Gasteiger partial charge on any atom is 0.278 e. The fourth-order valence-electron chi connectivity index (χ4n) is 2.80. The Hall–Kier alpha value is -3.55. The molecule has 0 radical (unpaired) electrons. The highest BCUT2D eigenvalue weighted by Gasteiger charge is 2.18. The largest absolute Gasteiger partial charge is 0.324 e. The number of carbonyl (C=O) groups excluding carboxylic acids is 2. The number of benzene rings is 2. The van der Waals surface area contributed by atoms with Gasteiger partial charge < -0.3 is 10.6 Å². The van der Waals surface area contributed by atoms with E-state index >= 15 is 0 Å². The molecule has 0 fully saturated rings. The minimum atomic E-state index is -0.592. The molecule has 0 bridgehead atoms. The Labute approximate surface area is 161 Å². The summed E-state index contributed by atoms with van der Waals surface area (Å²) in [4.78, 5) is 25.2. The van der Waals surface area contributed by atoms with Gasteiger partial charge in [-0.05, 0) is 50.6 Å². The standard InChI is InChI=1S/C20H20FN5O2/c1-11-5-8-18(12(2)9-11)26-24-13(3)19(25-26)20(28)23-15-6-7-16(21)17(10-15)22-14(4)27/h5-10H,1-4H3,(H,22,27)(H,23,28). The van der Waals surface area contributed by atoms with Crippen LogP contribution in [0.2, 0.25) is 0 Å². The number of rotatable bonds is 4. The van der Waals surface area contributed by atoms with Crippen LogP contribution in [0, 0.1) is 26.6 Å². The van der Waals surface area contributed by atoms with Crippen LogP contribution >= 0.6 is 0 Å². The fourth-order valence-corrected chi connectivity index (χ4v) is 2.80. The molecule has 0 aliphatic heterocycles. The molecular formula is C20H20FN5O2. The molecule has 0 atom stereocenters. The second-order valence-electron chi connectivity index (χ2n) is 6.54. The van der Waals surface area contributed by atoms with Gasteiger partial charge in [0.2, 0.25) is 5.91 Å². The quantitative estimate of drug-likeness (QED) is 0.723. The van der Waals surface area contributed by atoms with Gasteiger partial charge in [0.25, 0.3) is 5.91 Å². The lowest BCUT2D eigenvalue weighted by Gasteiger charge is -2.08. The second kappa shape index (κ2) is 7.59. The van der Waals surface area contributed by atoms with Gasteiger partial charge in [-0.15, -0.1) is 5.10 Å². The molecule has 2 aromatic carbocycles. The number of aryl methyl sites for hydroxylation is 3. The molecule has 7 nitrogen and oxygen atoms in total. The Morgan fingerprint density at radius 1 is 1.00 bits per heavy atom. The molecule has 1 aromatic heterocycles. The highest BCUT2D eigenvalue weighted by molar-refractivity contribution is 6.04. The zero-order chi connectivity index (χ0) is 20.4. The number of amides is 2. The molecule has 3 aromatic rings. The van der Waals surface area contributed by atoms with Crippen LogP contribution in [0.25, 0.3) is 5.69 Å². The first kappa shape index (κ1) is 19.2. The van der Waals surface area contributed by atoms with Gasteiger partial charge >= 0.3 is 0 Å². The van der Waals surface area contributed by atoms with Gasteiger partial charge in [0.05, 0.1) is 17.1 Å². The van der Waals surface area contributed by atoms with E-state index in [-0.39, 0.29) is 11.4 Å². The molecular weight excluding hydrogens is 361 g/mol. The van der Waals surface area contributed by atoms with Gasteiger partial charge in [-0.1, -0.05) is 17.7 Å². The van der Waals surface area contributed by atoms with Crippen molar-refractivity contribution in [3.05, 3.63) is 64.7 Å². The third-order valence-corrected chi connectivity index (χ3v) is 4.10. The van der Waals surface area contributed by atoms with Crippen molar-refractivity contribution in [2.24, 2.45) is 0 Å². The monoisotopic (exact) mass is 381 g/mol. The van der Waals surface area contributed by atoms with E-state index in [9.17, 15) is 14.0 Å². The van der Waals surface area contributed by atoms with E-state index < -0.39 is 17.6 Å². The second-order valence-corrected chi connectivity index (χ2v) is 6.54. The summed E-state index contributed by atoms with van der Waals surface area (Å²) in [6.07, 6.45) is 0. The number of nitrogens with one attached hydrogen (secondary N) is 2. The van der Waals surface area contributed by atoms with E-state index in [0.29, 0.717) is 11.4 Å². The maximum atomic E-state index is 13.8. The minimum absolute atomic E-state index is 0.0130. The molecule has 8 heteroatoms. The summed E-state index contributed by atoms with van der Waals surface area (Å²) in [5.41, 5.74) is 3.82. The third-order valence-electron chi connectivity index (χ3n) is 4.10. The van der Waals surface area contributed by atoms with Crippen LogP contribution < -0.4 is 10.6 Å². The predicted molar refractivity (Wildman–Crippen MR) is 104 cm³/mol. The van der Waals surface area contributed by atoms with Crippen molar-refractivity contribution in [3.8, 4) is 5.69 Å². The molecule has 2 amide bonds. The number of nitrogens with zero attached hydrogens (tertiary/aromatic N) is 3. The highest BCUT2D eigenvalue weighted by Crippen LogP contribution is 2.21. The Morgan fingerprint density at radius 2 is 1.75 bits per heavy atom. The number of anilines is 2. The van der Waals surface area contributed by atoms with Crippen molar-refractivity contribution in [2.45, 2.75) is 27.7 Å². The maximum absolute atomic E-state index is 13.8. The molecule has 0 aliphatic rings. The Morgan fingerprint density at radius 3 is 2.43 bits per heavy atom. The zero-order valence-corrected chi connectivity index (χ0v) is 16.0. The number of halogens is 1. The average Bonchev–Trinajstić information content (AvgIpc) is 2.99. The molecule has 0 unspecified atom stereocenters. The number of carbonyl (C=O) groups is 2. The van der Waals surface area contributed by atoms with Gasteiger partial charge in [0.1, 0.15) is 5.82 Å². The smallest absolute Gasteiger partial charge is 0.278 e. The number of aromatic nitrogens is 3. The van der Waals surface area contributed by atoms with E-state index in [4.69, 9.17) is 0 Å². The average molecular weight is 381 g/mol. The van der Waals surface area contributed by atoms with Crippen LogP contribution in [0.1, 0.15) is 34.2 Å². The molecule has 28 heavy (non-hydrogen) atoms. The van der Waals surface area contributed by atoms with Gasteiger partial charge in [-0.2, -0.15) is 9.90 Å². The van der Waals surface area contributed by atoms with Crippen LogP contribution in [0.5, 0.6) is 0 Å². The molecule has 0 spiro atoms. The van der Waals surface area contributed by atoms with E-state index in [1.165, 1.54) is 29.9 Å². The van der Waals surface area contributed by atoms with E-state index in [2.05, 4.69) is 20.8 Å². The summed E-state index contributed by atoms with van der Waals surface area (Å²) in [6.45, 7) is 6.91. The van der Waals surface area contributed by atoms with E-state index in [1.54, 1.807) is 6.92 Å². The fraction of sp³-hybridized carbons (Fsp3) is 0.200. The topological polar surface area (TPSA) is 88.9 Å². The Balaban J connectivity index is 1.86.